The van der Waals surface area contributed by atoms with Crippen LogP contribution in [0.1, 0.15) is 16.8 Å². The zero-order valence-electron chi connectivity index (χ0n) is 16.8. The van der Waals surface area contributed by atoms with Crippen LogP contribution in [0.15, 0.2) is 82.4 Å². The van der Waals surface area contributed by atoms with Gasteiger partial charge in [0.15, 0.2) is 0 Å². The van der Waals surface area contributed by atoms with E-state index >= 15 is 0 Å². The van der Waals surface area contributed by atoms with Gasteiger partial charge >= 0.3 is 0 Å². The molecule has 4 rings (SSSR count). The molecule has 154 valence electrons. The molecule has 3 aromatic carbocycles. The lowest BCUT2D eigenvalue weighted by Crippen LogP contribution is -1.96. The Morgan fingerprint density at radius 2 is 1.84 bits per heavy atom. The fourth-order valence-electron chi connectivity index (χ4n) is 3.08. The Kier molecular flexibility index (Phi) is 6.29. The number of phenols is 1. The Morgan fingerprint density at radius 3 is 2.65 bits per heavy atom. The smallest absolute Gasteiger partial charge is 0.124 e. The minimum absolute atomic E-state index is 0.154. The molecule has 0 atom stereocenters. The van der Waals surface area contributed by atoms with Crippen molar-refractivity contribution in [2.45, 2.75) is 0 Å². The van der Waals surface area contributed by atoms with E-state index in [0.29, 0.717) is 5.56 Å². The molecule has 0 unspecified atom stereocenters. The number of hydrazone groups is 1. The van der Waals surface area contributed by atoms with Gasteiger partial charge in [0.2, 0.25) is 0 Å². The molecule has 0 aliphatic carbocycles. The summed E-state index contributed by atoms with van der Waals surface area (Å²) in [5.41, 5.74) is 7.17. The summed E-state index contributed by atoms with van der Waals surface area (Å²) in [4.78, 5) is 4.74. The number of hydrogen-bond donors (Lipinski definition) is 2. The third kappa shape index (κ3) is 5.10. The predicted molar refractivity (Wildman–Crippen MR) is 131 cm³/mol. The van der Waals surface area contributed by atoms with Crippen molar-refractivity contribution in [1.29, 1.82) is 0 Å². The maximum Gasteiger partial charge on any atom is 0.124 e. The summed E-state index contributed by atoms with van der Waals surface area (Å²) in [6.07, 6.45) is 5.56. The summed E-state index contributed by atoms with van der Waals surface area (Å²) in [7, 11) is 1.63. The molecule has 0 saturated carbocycles. The van der Waals surface area contributed by atoms with Crippen LogP contribution in [0.5, 0.6) is 11.5 Å². The molecule has 0 saturated heterocycles. The number of benzene rings is 3. The number of hydrogen-bond acceptors (Lipinski definition) is 5. The maximum atomic E-state index is 10.0. The highest BCUT2D eigenvalue weighted by Crippen LogP contribution is 2.28. The van der Waals surface area contributed by atoms with Crippen molar-refractivity contribution in [3.8, 4) is 11.5 Å². The van der Waals surface area contributed by atoms with Crippen LogP contribution in [-0.2, 0) is 0 Å². The average molecular weight is 474 g/mol. The number of nitrogens with zero attached hydrogens (tertiary/aromatic N) is 2. The van der Waals surface area contributed by atoms with Gasteiger partial charge in [-0.15, -0.1) is 0 Å². The Morgan fingerprint density at radius 1 is 1.00 bits per heavy atom. The highest BCUT2D eigenvalue weighted by atomic mass is 79.9. The summed E-state index contributed by atoms with van der Waals surface area (Å²) < 4.78 is 6.23. The molecule has 5 nitrogen and oxygen atoms in total. The molecule has 31 heavy (non-hydrogen) atoms. The van der Waals surface area contributed by atoms with Crippen molar-refractivity contribution in [2.24, 2.45) is 5.10 Å². The van der Waals surface area contributed by atoms with Gasteiger partial charge in [-0.1, -0.05) is 52.3 Å². The largest absolute Gasteiger partial charge is 0.507 e. The van der Waals surface area contributed by atoms with E-state index in [4.69, 9.17) is 9.72 Å². The first kappa shape index (κ1) is 20.6. The van der Waals surface area contributed by atoms with E-state index in [2.05, 4.69) is 26.5 Å². The van der Waals surface area contributed by atoms with Gasteiger partial charge in [-0.05, 0) is 54.1 Å². The Bertz CT molecular complexity index is 1270. The highest BCUT2D eigenvalue weighted by Gasteiger charge is 2.07. The van der Waals surface area contributed by atoms with E-state index in [1.807, 2.05) is 66.7 Å². The summed E-state index contributed by atoms with van der Waals surface area (Å²) in [5.74, 6) is 0.889. The molecule has 0 aliphatic heterocycles. The second-order valence-corrected chi connectivity index (χ2v) is 7.71. The first-order valence-corrected chi connectivity index (χ1v) is 10.4. The molecular weight excluding hydrogens is 454 g/mol. The van der Waals surface area contributed by atoms with Crippen molar-refractivity contribution < 1.29 is 9.84 Å². The van der Waals surface area contributed by atoms with Crippen LogP contribution < -0.4 is 10.2 Å². The van der Waals surface area contributed by atoms with Crippen LogP contribution in [0.25, 0.3) is 23.1 Å². The second-order valence-electron chi connectivity index (χ2n) is 6.79. The Labute approximate surface area is 188 Å². The lowest BCUT2D eigenvalue weighted by atomic mass is 10.1. The fraction of sp³-hybridized carbons (Fsp3) is 0.0400. The molecule has 1 aromatic heterocycles. The molecule has 0 bridgehead atoms. The zero-order chi connectivity index (χ0) is 21.6. The fourth-order valence-corrected chi connectivity index (χ4v) is 3.45. The van der Waals surface area contributed by atoms with Gasteiger partial charge < -0.3 is 9.84 Å². The zero-order valence-corrected chi connectivity index (χ0v) is 18.4. The number of pyridine rings is 1. The van der Waals surface area contributed by atoms with Crippen LogP contribution in [0.3, 0.4) is 0 Å². The van der Waals surface area contributed by atoms with E-state index in [9.17, 15) is 5.11 Å². The molecule has 1 heterocycles. The number of phenolic OH excluding ortho intramolecular Hbond substituents is 1. The van der Waals surface area contributed by atoms with Gasteiger partial charge in [0.25, 0.3) is 0 Å². The van der Waals surface area contributed by atoms with E-state index in [0.717, 1.165) is 38.1 Å². The number of nitrogens with one attached hydrogen (secondary N) is 1. The number of methoxy groups -OCH3 is 1. The third-order valence-electron chi connectivity index (χ3n) is 4.66. The summed E-state index contributed by atoms with van der Waals surface area (Å²) >= 11 is 3.40. The van der Waals surface area contributed by atoms with E-state index < -0.39 is 0 Å². The normalized spacial score (nSPS) is 11.4. The molecule has 0 fully saturated rings. The number of ether oxygens (including phenoxy) is 1. The van der Waals surface area contributed by atoms with Gasteiger partial charge in [-0.2, -0.15) is 5.10 Å². The lowest BCUT2D eigenvalue weighted by Gasteiger charge is -2.09. The van der Waals surface area contributed by atoms with Gasteiger partial charge in [0.1, 0.15) is 11.5 Å². The molecule has 2 N–H and O–H groups in total. The summed E-state index contributed by atoms with van der Waals surface area (Å²) in [6.45, 7) is 0. The molecule has 0 aliphatic rings. The minimum Gasteiger partial charge on any atom is -0.507 e. The van der Waals surface area contributed by atoms with Crippen LogP contribution in [0.4, 0.5) is 5.69 Å². The molecule has 0 radical (unpaired) electrons. The van der Waals surface area contributed by atoms with Crippen molar-refractivity contribution in [1.82, 2.24) is 4.98 Å². The topological polar surface area (TPSA) is 66.7 Å². The third-order valence-corrected chi connectivity index (χ3v) is 5.15. The van der Waals surface area contributed by atoms with Crippen LogP contribution in [-0.4, -0.2) is 23.4 Å². The van der Waals surface area contributed by atoms with E-state index in [1.165, 1.54) is 0 Å². The summed E-state index contributed by atoms with van der Waals surface area (Å²) in [6, 6.07) is 22.9. The molecule has 6 heteroatoms. The SMILES string of the molecule is COc1ccc2nc(C=Cc3ccccc3)cc(N/N=C/c3cc(Br)ccc3O)c2c1. The standard InChI is InChI=1S/C25H20BrN3O2/c1-31-21-10-11-23-22(15-21)24(29-27-16-18-13-19(26)8-12-25(18)30)14-20(28-23)9-7-17-5-3-2-4-6-17/h2-16,30H,1H3,(H,28,29)/b9-7?,27-16+. The van der Waals surface area contributed by atoms with Crippen molar-refractivity contribution in [3.63, 3.8) is 0 Å². The van der Waals surface area contributed by atoms with Crippen molar-refractivity contribution >= 4 is 50.9 Å². The van der Waals surface area contributed by atoms with Gasteiger partial charge in [-0.25, -0.2) is 4.98 Å². The van der Waals surface area contributed by atoms with Crippen LogP contribution >= 0.6 is 15.9 Å². The first-order valence-electron chi connectivity index (χ1n) is 9.62. The Hall–Kier alpha value is -3.64. The maximum absolute atomic E-state index is 10.0. The number of rotatable bonds is 6. The second kappa shape index (κ2) is 9.45. The number of aromatic nitrogens is 1. The van der Waals surface area contributed by atoms with Gasteiger partial charge in [0.05, 0.1) is 30.2 Å². The molecular formula is C25H20BrN3O2. The minimum atomic E-state index is 0.154. The van der Waals surface area contributed by atoms with Crippen molar-refractivity contribution in [2.75, 3.05) is 12.5 Å². The number of aromatic hydroxyl groups is 1. The predicted octanol–water partition coefficient (Wildman–Crippen LogP) is 6.33. The first-order chi connectivity index (χ1) is 15.1. The molecule has 0 amide bonds. The van der Waals surface area contributed by atoms with Crippen LogP contribution in [0.2, 0.25) is 0 Å². The van der Waals surface area contributed by atoms with E-state index in [-0.39, 0.29) is 5.75 Å². The number of halogens is 1. The monoisotopic (exact) mass is 473 g/mol. The number of anilines is 1. The molecule has 0 spiro atoms. The van der Waals surface area contributed by atoms with Gasteiger partial charge in [0, 0.05) is 15.4 Å². The quantitative estimate of drug-likeness (QED) is 0.253. The average Bonchev–Trinajstić information content (AvgIpc) is 2.80. The van der Waals surface area contributed by atoms with Crippen molar-refractivity contribution in [3.05, 3.63) is 94.1 Å². The lowest BCUT2D eigenvalue weighted by molar-refractivity contribution is 0.415. The molecule has 4 aromatic rings. The van der Waals surface area contributed by atoms with E-state index in [1.54, 1.807) is 31.5 Å². The highest BCUT2D eigenvalue weighted by molar-refractivity contribution is 9.10. The van der Waals surface area contributed by atoms with Gasteiger partial charge in [-0.3, -0.25) is 5.43 Å². The number of fused-ring (bicyclic) bond motifs is 1. The summed E-state index contributed by atoms with van der Waals surface area (Å²) in [5, 5.41) is 15.2. The van der Waals surface area contributed by atoms with Crippen LogP contribution in [0, 0.1) is 0 Å². The Balaban J connectivity index is 1.69.